The third-order valence-electron chi connectivity index (χ3n) is 4.77. The number of hydrogen-bond acceptors (Lipinski definition) is 10. The molecule has 0 fully saturated rings. The van der Waals surface area contributed by atoms with E-state index in [-0.39, 0.29) is 40.3 Å². The second-order valence-electron chi connectivity index (χ2n) is 7.06. The zero-order valence-corrected chi connectivity index (χ0v) is 22.0. The molecule has 9 nitrogen and oxygen atoms in total. The van der Waals surface area contributed by atoms with Gasteiger partial charge in [0.1, 0.15) is 9.88 Å². The Hall–Kier alpha value is -2.70. The van der Waals surface area contributed by atoms with E-state index in [9.17, 15) is 14.4 Å². The first kappa shape index (κ1) is 25.9. The molecule has 12 heteroatoms. The summed E-state index contributed by atoms with van der Waals surface area (Å²) in [5.41, 5.74) is 1.58. The molecule has 1 amide bonds. The fourth-order valence-corrected chi connectivity index (χ4v) is 5.74. The van der Waals surface area contributed by atoms with Crippen LogP contribution in [-0.2, 0) is 27.7 Å². The largest absolute Gasteiger partial charge is 0.462 e. The molecule has 0 aromatic carbocycles. The van der Waals surface area contributed by atoms with Crippen molar-refractivity contribution in [1.82, 2.24) is 14.8 Å². The number of ether oxygens (including phenoxy) is 2. The Morgan fingerprint density at radius 2 is 1.82 bits per heavy atom. The first-order valence-corrected chi connectivity index (χ1v) is 13.4. The number of carbonyl (C=O) groups is 3. The van der Waals surface area contributed by atoms with Crippen LogP contribution in [0.3, 0.4) is 0 Å². The summed E-state index contributed by atoms with van der Waals surface area (Å²) in [6.07, 6.45) is 0.957. The van der Waals surface area contributed by atoms with Crippen molar-refractivity contribution in [1.29, 1.82) is 0 Å². The van der Waals surface area contributed by atoms with Gasteiger partial charge < -0.3 is 19.4 Å². The third kappa shape index (κ3) is 5.68. The maximum atomic E-state index is 12.7. The molecule has 3 rings (SSSR count). The number of amides is 1. The standard InChI is InChI=1S/C22H26N4O5S3/c1-6-14-9-13(10-32-14)18-24-25-22(26(18)5)33-11-15(27)23-19-16(20(28)30-7-2)12(4)17(34-19)21(29)31-8-3/h9-10H,6-8,11H2,1-5H3,(H,23,27). The van der Waals surface area contributed by atoms with Crippen LogP contribution in [0.2, 0.25) is 0 Å². The van der Waals surface area contributed by atoms with Gasteiger partial charge in [0.25, 0.3) is 0 Å². The fourth-order valence-electron chi connectivity index (χ4n) is 3.11. The van der Waals surface area contributed by atoms with E-state index in [1.54, 1.807) is 32.1 Å². The van der Waals surface area contributed by atoms with Crippen molar-refractivity contribution in [3.05, 3.63) is 32.3 Å². The number of nitrogens with one attached hydrogen (secondary N) is 1. The van der Waals surface area contributed by atoms with Gasteiger partial charge in [-0.2, -0.15) is 0 Å². The predicted molar refractivity (Wildman–Crippen MR) is 134 cm³/mol. The molecule has 0 saturated carbocycles. The zero-order valence-electron chi connectivity index (χ0n) is 19.6. The molecule has 0 atom stereocenters. The maximum absolute atomic E-state index is 12.7. The van der Waals surface area contributed by atoms with Crippen LogP contribution in [0.5, 0.6) is 0 Å². The molecule has 0 aliphatic heterocycles. The van der Waals surface area contributed by atoms with Gasteiger partial charge >= 0.3 is 11.9 Å². The lowest BCUT2D eigenvalue weighted by Crippen LogP contribution is -2.16. The van der Waals surface area contributed by atoms with E-state index in [1.165, 1.54) is 16.6 Å². The summed E-state index contributed by atoms with van der Waals surface area (Å²) < 4.78 is 12.0. The van der Waals surface area contributed by atoms with Crippen LogP contribution in [0.25, 0.3) is 11.4 Å². The van der Waals surface area contributed by atoms with Crippen molar-refractivity contribution in [2.45, 2.75) is 39.3 Å². The van der Waals surface area contributed by atoms with Gasteiger partial charge in [-0.15, -0.1) is 32.9 Å². The number of nitrogens with zero attached hydrogens (tertiary/aromatic N) is 3. The van der Waals surface area contributed by atoms with E-state index in [4.69, 9.17) is 9.47 Å². The minimum atomic E-state index is -0.602. The van der Waals surface area contributed by atoms with E-state index in [1.807, 2.05) is 17.0 Å². The van der Waals surface area contributed by atoms with Crippen LogP contribution in [0.15, 0.2) is 16.6 Å². The lowest BCUT2D eigenvalue weighted by molar-refractivity contribution is -0.113. The van der Waals surface area contributed by atoms with Gasteiger partial charge in [0.05, 0.1) is 24.5 Å². The number of anilines is 1. The highest BCUT2D eigenvalue weighted by Crippen LogP contribution is 2.35. The Bertz CT molecular complexity index is 1200. The molecule has 0 unspecified atom stereocenters. The van der Waals surface area contributed by atoms with Crippen LogP contribution in [0, 0.1) is 6.92 Å². The Labute approximate surface area is 209 Å². The second-order valence-corrected chi connectivity index (χ2v) is 10.0. The highest BCUT2D eigenvalue weighted by Gasteiger charge is 2.27. The molecule has 3 aromatic heterocycles. The average molecular weight is 523 g/mol. The molecule has 182 valence electrons. The number of carbonyl (C=O) groups excluding carboxylic acids is 3. The van der Waals surface area contributed by atoms with Gasteiger partial charge in [-0.25, -0.2) is 9.59 Å². The smallest absolute Gasteiger partial charge is 0.348 e. The van der Waals surface area contributed by atoms with Crippen molar-refractivity contribution >= 4 is 57.3 Å². The molecule has 0 spiro atoms. The van der Waals surface area contributed by atoms with E-state index < -0.39 is 11.9 Å². The topological polar surface area (TPSA) is 112 Å². The molecule has 0 bridgehead atoms. The number of hydrogen-bond donors (Lipinski definition) is 1. The fraction of sp³-hybridized carbons (Fsp3) is 0.409. The van der Waals surface area contributed by atoms with Crippen LogP contribution >= 0.6 is 34.4 Å². The Balaban J connectivity index is 1.74. The molecule has 34 heavy (non-hydrogen) atoms. The predicted octanol–water partition coefficient (Wildman–Crippen LogP) is 4.56. The summed E-state index contributed by atoms with van der Waals surface area (Å²) in [4.78, 5) is 39.0. The molecular formula is C22H26N4O5S3. The average Bonchev–Trinajstić information content (AvgIpc) is 3.50. The van der Waals surface area contributed by atoms with Crippen LogP contribution < -0.4 is 5.32 Å². The van der Waals surface area contributed by atoms with E-state index >= 15 is 0 Å². The van der Waals surface area contributed by atoms with Crippen molar-refractivity contribution in [2.75, 3.05) is 24.3 Å². The SMILES string of the molecule is CCOC(=O)c1sc(NC(=O)CSc2nnc(-c3csc(CC)c3)n2C)c(C(=O)OCC)c1C. The quantitative estimate of drug-likeness (QED) is 0.305. The molecule has 0 saturated heterocycles. The number of aromatic nitrogens is 3. The third-order valence-corrected chi connectivity index (χ3v) is 8.06. The van der Waals surface area contributed by atoms with Gasteiger partial charge in [-0.3, -0.25) is 4.79 Å². The Morgan fingerprint density at radius 1 is 1.12 bits per heavy atom. The number of esters is 2. The number of aryl methyl sites for hydroxylation is 1. The first-order chi connectivity index (χ1) is 16.3. The van der Waals surface area contributed by atoms with E-state index in [0.29, 0.717) is 10.7 Å². The maximum Gasteiger partial charge on any atom is 0.348 e. The highest BCUT2D eigenvalue weighted by atomic mass is 32.2. The van der Waals surface area contributed by atoms with Gasteiger partial charge in [0.15, 0.2) is 11.0 Å². The first-order valence-electron chi connectivity index (χ1n) is 10.7. The lowest BCUT2D eigenvalue weighted by atomic mass is 10.1. The zero-order chi connectivity index (χ0) is 24.8. The summed E-state index contributed by atoms with van der Waals surface area (Å²) in [5, 5.41) is 14.1. The minimum Gasteiger partial charge on any atom is -0.462 e. The van der Waals surface area contributed by atoms with Gasteiger partial charge in [-0.1, -0.05) is 18.7 Å². The summed E-state index contributed by atoms with van der Waals surface area (Å²) in [5.74, 6) is -0.715. The summed E-state index contributed by atoms with van der Waals surface area (Å²) >= 11 is 3.90. The summed E-state index contributed by atoms with van der Waals surface area (Å²) in [7, 11) is 1.85. The summed E-state index contributed by atoms with van der Waals surface area (Å²) in [6, 6.07) is 2.09. The number of thiophene rings is 2. The molecule has 0 aliphatic carbocycles. The molecule has 0 radical (unpaired) electrons. The monoisotopic (exact) mass is 522 g/mol. The number of rotatable bonds is 10. The lowest BCUT2D eigenvalue weighted by Gasteiger charge is -2.07. The molecule has 0 aliphatic rings. The molecule has 1 N–H and O–H groups in total. The molecular weight excluding hydrogens is 496 g/mol. The summed E-state index contributed by atoms with van der Waals surface area (Å²) in [6.45, 7) is 7.50. The normalized spacial score (nSPS) is 10.9. The van der Waals surface area contributed by atoms with Crippen LogP contribution in [0.1, 0.15) is 51.2 Å². The van der Waals surface area contributed by atoms with Crippen molar-refractivity contribution in [3.63, 3.8) is 0 Å². The molecule has 3 heterocycles. The van der Waals surface area contributed by atoms with E-state index in [0.717, 1.165) is 29.1 Å². The van der Waals surface area contributed by atoms with Crippen LogP contribution in [-0.4, -0.2) is 51.6 Å². The Kier molecular flexibility index (Phi) is 8.86. The highest BCUT2D eigenvalue weighted by molar-refractivity contribution is 7.99. The van der Waals surface area contributed by atoms with Crippen LogP contribution in [0.4, 0.5) is 5.00 Å². The molecule has 3 aromatic rings. The Morgan fingerprint density at radius 3 is 2.47 bits per heavy atom. The van der Waals surface area contributed by atoms with Gasteiger partial charge in [-0.05, 0) is 38.8 Å². The van der Waals surface area contributed by atoms with Crippen molar-refractivity contribution in [2.24, 2.45) is 7.05 Å². The second kappa shape index (κ2) is 11.6. The van der Waals surface area contributed by atoms with Gasteiger partial charge in [0, 0.05) is 22.9 Å². The van der Waals surface area contributed by atoms with Gasteiger partial charge in [0.2, 0.25) is 5.91 Å². The minimum absolute atomic E-state index is 0.0454. The van der Waals surface area contributed by atoms with Crippen molar-refractivity contribution < 1.29 is 23.9 Å². The number of thioether (sulfide) groups is 1. The van der Waals surface area contributed by atoms with E-state index in [2.05, 4.69) is 28.5 Å². The van der Waals surface area contributed by atoms with Crippen molar-refractivity contribution in [3.8, 4) is 11.4 Å².